The van der Waals surface area contributed by atoms with Gasteiger partial charge in [0, 0.05) is 29.9 Å². The summed E-state index contributed by atoms with van der Waals surface area (Å²) in [6.07, 6.45) is -8.55. The van der Waals surface area contributed by atoms with Gasteiger partial charge in [-0.2, -0.15) is 13.2 Å². The molecule has 3 amide bonds. The summed E-state index contributed by atoms with van der Waals surface area (Å²) in [6, 6.07) is 10.5. The number of carbonyl (C=O) groups excluding carboxylic acids is 3. The molecule has 2 aromatic rings. The van der Waals surface area contributed by atoms with Crippen LogP contribution in [0.1, 0.15) is 41.5 Å². The SMILES string of the molecule is Cc1ccc(C2=NC(NC(=O)C(CCC(F)(F)F)CC(N)=O)C(=O)Nc3c(Cl)cccc32)cc1C. The lowest BCUT2D eigenvalue weighted by molar-refractivity contribution is -0.143. The summed E-state index contributed by atoms with van der Waals surface area (Å²) in [5.74, 6) is -3.99. The third-order valence-corrected chi connectivity index (χ3v) is 5.99. The quantitative estimate of drug-likeness (QED) is 0.524. The number of benzene rings is 2. The van der Waals surface area contributed by atoms with E-state index in [1.165, 1.54) is 0 Å². The van der Waals surface area contributed by atoms with E-state index in [1.54, 1.807) is 24.3 Å². The Balaban J connectivity index is 2.00. The molecule has 3 rings (SSSR count). The average Bonchev–Trinajstić information content (AvgIpc) is 2.90. The van der Waals surface area contributed by atoms with E-state index in [0.717, 1.165) is 11.1 Å². The Morgan fingerprint density at radius 2 is 1.91 bits per heavy atom. The van der Waals surface area contributed by atoms with E-state index < -0.39 is 55.2 Å². The third kappa shape index (κ3) is 6.60. The minimum atomic E-state index is -4.52. The molecule has 2 aromatic carbocycles. The predicted octanol–water partition coefficient (Wildman–Crippen LogP) is 4.02. The number of primary amides is 1. The van der Waals surface area contributed by atoms with E-state index in [1.807, 2.05) is 26.0 Å². The molecule has 186 valence electrons. The smallest absolute Gasteiger partial charge is 0.370 e. The van der Waals surface area contributed by atoms with Crippen LogP contribution < -0.4 is 16.4 Å². The van der Waals surface area contributed by atoms with E-state index in [4.69, 9.17) is 17.3 Å². The standard InChI is InChI=1S/C24H24ClF3N4O3/c1-12-6-7-14(10-13(12)2)19-16-4-3-5-17(25)20(16)31-23(35)21(30-19)32-22(34)15(11-18(29)33)8-9-24(26,27)28/h3-7,10,15,21H,8-9,11H2,1-2H3,(H2,29,33)(H,31,35)(H,32,34). The molecule has 11 heteroatoms. The average molecular weight is 509 g/mol. The fraction of sp³-hybridized carbons (Fsp3) is 0.333. The van der Waals surface area contributed by atoms with Crippen LogP contribution in [0.5, 0.6) is 0 Å². The minimum Gasteiger partial charge on any atom is -0.370 e. The van der Waals surface area contributed by atoms with Crippen molar-refractivity contribution in [1.82, 2.24) is 5.32 Å². The Bertz CT molecular complexity index is 1200. The Labute approximate surface area is 204 Å². The van der Waals surface area contributed by atoms with E-state index in [-0.39, 0.29) is 5.02 Å². The van der Waals surface area contributed by atoms with Gasteiger partial charge in [0.15, 0.2) is 0 Å². The highest BCUT2D eigenvalue weighted by atomic mass is 35.5. The molecule has 0 saturated heterocycles. The maximum absolute atomic E-state index is 13.0. The van der Waals surface area contributed by atoms with Gasteiger partial charge in [-0.1, -0.05) is 35.9 Å². The molecule has 2 unspecified atom stereocenters. The highest BCUT2D eigenvalue weighted by molar-refractivity contribution is 6.36. The number of nitrogens with two attached hydrogens (primary N) is 1. The van der Waals surface area contributed by atoms with Gasteiger partial charge < -0.3 is 16.4 Å². The second kappa shape index (κ2) is 10.5. The first kappa shape index (κ1) is 26.2. The van der Waals surface area contributed by atoms with Crippen molar-refractivity contribution in [2.75, 3.05) is 5.32 Å². The van der Waals surface area contributed by atoms with Crippen LogP contribution in [-0.4, -0.2) is 35.8 Å². The molecule has 4 N–H and O–H groups in total. The number of aliphatic imine (C=N–C) groups is 1. The van der Waals surface area contributed by atoms with Crippen LogP contribution in [0.2, 0.25) is 5.02 Å². The molecule has 0 aromatic heterocycles. The van der Waals surface area contributed by atoms with Crippen molar-refractivity contribution in [3.8, 4) is 0 Å². The molecular formula is C24H24ClF3N4O3. The summed E-state index contributed by atoms with van der Waals surface area (Å²) in [5.41, 5.74) is 8.94. The molecular weight excluding hydrogens is 485 g/mol. The zero-order chi connectivity index (χ0) is 25.9. The number of nitrogens with one attached hydrogen (secondary N) is 2. The molecule has 7 nitrogen and oxygen atoms in total. The number of anilines is 1. The number of halogens is 4. The van der Waals surface area contributed by atoms with Gasteiger partial charge in [-0.3, -0.25) is 14.4 Å². The number of hydrogen-bond acceptors (Lipinski definition) is 4. The Morgan fingerprint density at radius 3 is 2.54 bits per heavy atom. The van der Waals surface area contributed by atoms with Gasteiger partial charge in [0.05, 0.1) is 16.4 Å². The number of amides is 3. The summed E-state index contributed by atoms with van der Waals surface area (Å²) in [5, 5.41) is 5.26. The van der Waals surface area contributed by atoms with E-state index in [2.05, 4.69) is 15.6 Å². The first-order valence-corrected chi connectivity index (χ1v) is 11.1. The van der Waals surface area contributed by atoms with Gasteiger partial charge >= 0.3 is 6.18 Å². The van der Waals surface area contributed by atoms with Gasteiger partial charge in [0.1, 0.15) is 0 Å². The molecule has 1 aliphatic heterocycles. The van der Waals surface area contributed by atoms with Gasteiger partial charge in [-0.25, -0.2) is 4.99 Å². The third-order valence-electron chi connectivity index (χ3n) is 5.68. The zero-order valence-corrected chi connectivity index (χ0v) is 19.8. The summed E-state index contributed by atoms with van der Waals surface area (Å²) >= 11 is 6.32. The monoisotopic (exact) mass is 508 g/mol. The second-order valence-corrected chi connectivity index (χ2v) is 8.77. The maximum atomic E-state index is 13.0. The van der Waals surface area contributed by atoms with Crippen LogP contribution in [0.25, 0.3) is 0 Å². The van der Waals surface area contributed by atoms with Gasteiger partial charge in [0.2, 0.25) is 18.0 Å². The van der Waals surface area contributed by atoms with E-state index in [9.17, 15) is 27.6 Å². The van der Waals surface area contributed by atoms with Crippen LogP contribution in [0, 0.1) is 19.8 Å². The molecule has 0 bridgehead atoms. The molecule has 1 aliphatic rings. The number of rotatable bonds is 7. The van der Waals surface area contributed by atoms with Crippen molar-refractivity contribution in [2.45, 2.75) is 45.5 Å². The first-order valence-electron chi connectivity index (χ1n) is 10.8. The van der Waals surface area contributed by atoms with Crippen molar-refractivity contribution < 1.29 is 27.6 Å². The predicted molar refractivity (Wildman–Crippen MR) is 126 cm³/mol. The number of nitrogens with zero attached hydrogens (tertiary/aromatic N) is 1. The largest absolute Gasteiger partial charge is 0.389 e. The van der Waals surface area contributed by atoms with Crippen molar-refractivity contribution in [3.05, 3.63) is 63.7 Å². The van der Waals surface area contributed by atoms with Crippen LogP contribution in [0.4, 0.5) is 18.9 Å². The number of carbonyl (C=O) groups is 3. The summed E-state index contributed by atoms with van der Waals surface area (Å²) < 4.78 is 38.2. The number of para-hydroxylation sites is 1. The van der Waals surface area contributed by atoms with E-state index >= 15 is 0 Å². The highest BCUT2D eigenvalue weighted by Crippen LogP contribution is 2.31. The summed E-state index contributed by atoms with van der Waals surface area (Å²) in [4.78, 5) is 41.6. The molecule has 1 heterocycles. The number of benzodiazepines with no additional fused rings is 1. The Kier molecular flexibility index (Phi) is 7.84. The van der Waals surface area contributed by atoms with E-state index in [0.29, 0.717) is 22.5 Å². The molecule has 0 radical (unpaired) electrons. The fourth-order valence-electron chi connectivity index (χ4n) is 3.67. The fourth-order valence-corrected chi connectivity index (χ4v) is 3.89. The van der Waals surface area contributed by atoms with Crippen LogP contribution in [-0.2, 0) is 14.4 Å². The number of hydrogen-bond donors (Lipinski definition) is 3. The molecule has 0 aliphatic carbocycles. The number of alkyl halides is 3. The topological polar surface area (TPSA) is 114 Å². The van der Waals surface area contributed by atoms with Crippen molar-refractivity contribution in [2.24, 2.45) is 16.6 Å². The number of fused-ring (bicyclic) bond motifs is 1. The lowest BCUT2D eigenvalue weighted by Crippen LogP contribution is -2.45. The second-order valence-electron chi connectivity index (χ2n) is 8.36. The lowest BCUT2D eigenvalue weighted by atomic mass is 9.97. The Morgan fingerprint density at radius 1 is 1.20 bits per heavy atom. The molecule has 35 heavy (non-hydrogen) atoms. The van der Waals surface area contributed by atoms with Crippen molar-refractivity contribution in [3.63, 3.8) is 0 Å². The highest BCUT2D eigenvalue weighted by Gasteiger charge is 2.34. The molecule has 2 atom stereocenters. The van der Waals surface area contributed by atoms with Crippen LogP contribution in [0.3, 0.4) is 0 Å². The number of aryl methyl sites for hydroxylation is 2. The lowest BCUT2D eigenvalue weighted by Gasteiger charge is -2.19. The van der Waals surface area contributed by atoms with Crippen molar-refractivity contribution >= 4 is 40.7 Å². The Hall–Kier alpha value is -3.40. The molecule has 0 saturated carbocycles. The van der Waals surface area contributed by atoms with Gasteiger partial charge in [-0.15, -0.1) is 0 Å². The minimum absolute atomic E-state index is 0.246. The normalized spacial score (nSPS) is 16.5. The molecule has 0 spiro atoms. The summed E-state index contributed by atoms with van der Waals surface area (Å²) in [7, 11) is 0. The van der Waals surface area contributed by atoms with Gasteiger partial charge in [0.25, 0.3) is 5.91 Å². The van der Waals surface area contributed by atoms with Crippen LogP contribution in [0.15, 0.2) is 41.4 Å². The maximum Gasteiger partial charge on any atom is 0.389 e. The van der Waals surface area contributed by atoms with Crippen molar-refractivity contribution in [1.29, 1.82) is 0 Å². The molecule has 0 fully saturated rings. The van der Waals surface area contributed by atoms with Crippen LogP contribution >= 0.6 is 11.6 Å². The summed E-state index contributed by atoms with van der Waals surface area (Å²) in [6.45, 7) is 3.85. The first-order chi connectivity index (χ1) is 16.4. The zero-order valence-electron chi connectivity index (χ0n) is 19.0. The van der Waals surface area contributed by atoms with Gasteiger partial charge in [-0.05, 0) is 43.5 Å².